The van der Waals surface area contributed by atoms with Crippen molar-refractivity contribution in [2.75, 3.05) is 5.32 Å². The van der Waals surface area contributed by atoms with E-state index >= 15 is 0 Å². The molecular formula is C12H15BrN4OS. The topological polar surface area (TPSA) is 59.8 Å². The number of carbonyl (C=O) groups excluding carboxylic acids is 1. The van der Waals surface area contributed by atoms with Crippen LogP contribution in [0.5, 0.6) is 0 Å². The number of hydrogen-bond donors (Lipinski definition) is 1. The number of amides is 1. The van der Waals surface area contributed by atoms with Crippen molar-refractivity contribution < 1.29 is 4.79 Å². The molecule has 1 amide bonds. The first-order valence-electron chi connectivity index (χ1n) is 5.84. The molecule has 0 saturated heterocycles. The van der Waals surface area contributed by atoms with Crippen LogP contribution in [0.15, 0.2) is 10.7 Å². The van der Waals surface area contributed by atoms with E-state index in [1.165, 1.54) is 11.3 Å². The van der Waals surface area contributed by atoms with Crippen molar-refractivity contribution in [3.05, 3.63) is 26.9 Å². The number of rotatable bonds is 3. The summed E-state index contributed by atoms with van der Waals surface area (Å²) < 4.78 is 2.58. The molecule has 0 aliphatic carbocycles. The van der Waals surface area contributed by atoms with Gasteiger partial charge in [-0.15, -0.1) is 11.3 Å². The van der Waals surface area contributed by atoms with Gasteiger partial charge >= 0.3 is 0 Å². The smallest absolute Gasteiger partial charge is 0.250 e. The van der Waals surface area contributed by atoms with Crippen LogP contribution >= 0.6 is 27.3 Å². The van der Waals surface area contributed by atoms with Crippen LogP contribution in [-0.2, 0) is 4.79 Å². The molecular weight excluding hydrogens is 328 g/mol. The summed E-state index contributed by atoms with van der Waals surface area (Å²) in [6.45, 7) is 7.65. The lowest BCUT2D eigenvalue weighted by Gasteiger charge is -2.13. The average Bonchev–Trinajstić information content (AvgIpc) is 2.83. The second kappa shape index (κ2) is 5.42. The molecule has 1 N–H and O–H groups in total. The summed E-state index contributed by atoms with van der Waals surface area (Å²) >= 11 is 4.87. The van der Waals surface area contributed by atoms with E-state index in [2.05, 4.69) is 31.3 Å². The van der Waals surface area contributed by atoms with Gasteiger partial charge in [-0.3, -0.25) is 9.48 Å². The minimum Gasteiger partial charge on any atom is -0.300 e. The minimum absolute atomic E-state index is 0.118. The number of halogens is 1. The number of carbonyl (C=O) groups is 1. The molecule has 7 heteroatoms. The van der Waals surface area contributed by atoms with Crippen molar-refractivity contribution in [1.29, 1.82) is 0 Å². The molecule has 0 fully saturated rings. The third-order valence-electron chi connectivity index (χ3n) is 2.99. The molecule has 1 atom stereocenters. The zero-order chi connectivity index (χ0) is 14.2. The first-order valence-corrected chi connectivity index (χ1v) is 7.45. The lowest BCUT2D eigenvalue weighted by atomic mass is 10.3. The Morgan fingerprint density at radius 3 is 2.63 bits per heavy atom. The predicted octanol–water partition coefficient (Wildman–Crippen LogP) is 3.23. The average molecular weight is 343 g/mol. The predicted molar refractivity (Wildman–Crippen MR) is 79.6 cm³/mol. The third-order valence-corrected chi connectivity index (χ3v) is 4.76. The van der Waals surface area contributed by atoms with Crippen LogP contribution < -0.4 is 5.32 Å². The van der Waals surface area contributed by atoms with Crippen molar-refractivity contribution in [3.63, 3.8) is 0 Å². The van der Waals surface area contributed by atoms with E-state index in [-0.39, 0.29) is 11.9 Å². The Bertz CT molecular complexity index is 600. The van der Waals surface area contributed by atoms with Crippen LogP contribution in [0.25, 0.3) is 0 Å². The van der Waals surface area contributed by atoms with Crippen LogP contribution in [0.4, 0.5) is 5.13 Å². The molecule has 0 saturated carbocycles. The van der Waals surface area contributed by atoms with Gasteiger partial charge in [-0.05, 0) is 43.6 Å². The first kappa shape index (κ1) is 14.2. The molecule has 0 bridgehead atoms. The van der Waals surface area contributed by atoms with Crippen LogP contribution in [-0.4, -0.2) is 20.7 Å². The van der Waals surface area contributed by atoms with E-state index in [4.69, 9.17) is 0 Å². The quantitative estimate of drug-likeness (QED) is 0.931. The van der Waals surface area contributed by atoms with Gasteiger partial charge in [-0.2, -0.15) is 5.10 Å². The Morgan fingerprint density at radius 1 is 1.47 bits per heavy atom. The second-order valence-corrected chi connectivity index (χ2v) is 6.41. The molecule has 5 nitrogen and oxygen atoms in total. The van der Waals surface area contributed by atoms with Crippen molar-refractivity contribution >= 4 is 38.3 Å². The summed E-state index contributed by atoms with van der Waals surface area (Å²) in [5.74, 6) is -0.118. The van der Waals surface area contributed by atoms with Gasteiger partial charge in [0.05, 0.1) is 22.1 Å². The number of aromatic nitrogens is 3. The number of hydrogen-bond acceptors (Lipinski definition) is 4. The molecule has 2 rings (SSSR count). The summed E-state index contributed by atoms with van der Waals surface area (Å²) in [5, 5.41) is 7.66. The second-order valence-electron chi connectivity index (χ2n) is 4.35. The summed E-state index contributed by atoms with van der Waals surface area (Å²) in [7, 11) is 0. The van der Waals surface area contributed by atoms with Gasteiger partial charge in [0.2, 0.25) is 0 Å². The van der Waals surface area contributed by atoms with Crippen molar-refractivity contribution in [3.8, 4) is 0 Å². The fraction of sp³-hybridized carbons (Fsp3) is 0.417. The Hall–Kier alpha value is -1.21. The number of thiazole rings is 1. The van der Waals surface area contributed by atoms with Crippen LogP contribution in [0.2, 0.25) is 0 Å². The van der Waals surface area contributed by atoms with Crippen LogP contribution in [0, 0.1) is 20.8 Å². The standard InChI is InChI=1S/C12H15BrN4OS/c1-6-9(4)19-12(15-6)16-11(18)8(3)17-7(2)10(13)5-14-17/h5,8H,1-4H3,(H,15,16,18)/t8-/m1/s1. The van der Waals surface area contributed by atoms with E-state index in [0.29, 0.717) is 5.13 Å². The maximum atomic E-state index is 12.2. The molecule has 0 aliphatic rings. The van der Waals surface area contributed by atoms with Gasteiger partial charge in [0, 0.05) is 4.88 Å². The van der Waals surface area contributed by atoms with E-state index in [0.717, 1.165) is 20.7 Å². The van der Waals surface area contributed by atoms with Gasteiger partial charge in [0.15, 0.2) is 5.13 Å². The highest BCUT2D eigenvalue weighted by atomic mass is 79.9. The fourth-order valence-electron chi connectivity index (χ4n) is 1.64. The lowest BCUT2D eigenvalue weighted by Crippen LogP contribution is -2.25. The Labute approximate surface area is 124 Å². The molecule has 0 radical (unpaired) electrons. The molecule has 0 unspecified atom stereocenters. The molecule has 0 aliphatic heterocycles. The SMILES string of the molecule is Cc1nc(NC(=O)[C@@H](C)n2ncc(Br)c2C)sc1C. The summed E-state index contributed by atoms with van der Waals surface area (Å²) in [5.41, 5.74) is 1.88. The first-order chi connectivity index (χ1) is 8.90. The van der Waals surface area contributed by atoms with E-state index in [1.807, 2.05) is 27.7 Å². The van der Waals surface area contributed by atoms with Gasteiger partial charge in [0.25, 0.3) is 5.91 Å². The Kier molecular flexibility index (Phi) is 4.05. The van der Waals surface area contributed by atoms with Crippen LogP contribution in [0.1, 0.15) is 29.2 Å². The monoisotopic (exact) mass is 342 g/mol. The fourth-order valence-corrected chi connectivity index (χ4v) is 2.73. The van der Waals surface area contributed by atoms with E-state index < -0.39 is 0 Å². The highest BCUT2D eigenvalue weighted by Crippen LogP contribution is 2.23. The minimum atomic E-state index is -0.379. The normalized spacial score (nSPS) is 12.5. The number of aryl methyl sites for hydroxylation is 2. The highest BCUT2D eigenvalue weighted by molar-refractivity contribution is 9.10. The molecule has 0 spiro atoms. The van der Waals surface area contributed by atoms with Crippen molar-refractivity contribution in [2.24, 2.45) is 0 Å². The molecule has 19 heavy (non-hydrogen) atoms. The number of nitrogens with zero attached hydrogens (tertiary/aromatic N) is 3. The van der Waals surface area contributed by atoms with Crippen LogP contribution in [0.3, 0.4) is 0 Å². The van der Waals surface area contributed by atoms with E-state index in [1.54, 1.807) is 10.9 Å². The van der Waals surface area contributed by atoms with Gasteiger partial charge < -0.3 is 5.32 Å². The lowest BCUT2D eigenvalue weighted by molar-refractivity contribution is -0.119. The molecule has 2 heterocycles. The molecule has 0 aromatic carbocycles. The zero-order valence-electron chi connectivity index (χ0n) is 11.2. The highest BCUT2D eigenvalue weighted by Gasteiger charge is 2.19. The number of nitrogens with one attached hydrogen (secondary N) is 1. The summed E-state index contributed by atoms with van der Waals surface area (Å²) in [4.78, 5) is 17.6. The third kappa shape index (κ3) is 2.87. The molecule has 2 aromatic rings. The molecule has 102 valence electrons. The van der Waals surface area contributed by atoms with Gasteiger partial charge in [-0.25, -0.2) is 4.98 Å². The maximum absolute atomic E-state index is 12.2. The maximum Gasteiger partial charge on any atom is 0.250 e. The van der Waals surface area contributed by atoms with Crippen molar-refractivity contribution in [2.45, 2.75) is 33.7 Å². The summed E-state index contributed by atoms with van der Waals surface area (Å²) in [6, 6.07) is -0.379. The summed E-state index contributed by atoms with van der Waals surface area (Å²) in [6.07, 6.45) is 1.69. The van der Waals surface area contributed by atoms with E-state index in [9.17, 15) is 4.79 Å². The molecule has 2 aromatic heterocycles. The Balaban J connectivity index is 2.14. The van der Waals surface area contributed by atoms with Crippen molar-refractivity contribution in [1.82, 2.24) is 14.8 Å². The van der Waals surface area contributed by atoms with Gasteiger partial charge in [0.1, 0.15) is 6.04 Å². The number of anilines is 1. The largest absolute Gasteiger partial charge is 0.300 e. The zero-order valence-corrected chi connectivity index (χ0v) is 13.6. The Morgan fingerprint density at radius 2 is 2.16 bits per heavy atom. The van der Waals surface area contributed by atoms with Gasteiger partial charge in [-0.1, -0.05) is 0 Å².